The minimum absolute atomic E-state index is 0.0249. The summed E-state index contributed by atoms with van der Waals surface area (Å²) in [5.74, 6) is 7.68. The molecule has 108 valence electrons. The predicted octanol–water partition coefficient (Wildman–Crippen LogP) is 3.71. The summed E-state index contributed by atoms with van der Waals surface area (Å²) in [5.41, 5.74) is 7.77. The Morgan fingerprint density at radius 2 is 1.75 bits per heavy atom. The molecule has 0 aliphatic heterocycles. The number of benzene rings is 1. The Balaban J connectivity index is 2.36. The summed E-state index contributed by atoms with van der Waals surface area (Å²) in [7, 11) is 0. The quantitative estimate of drug-likeness (QED) is 0.644. The molecule has 0 saturated heterocycles. The molecule has 0 saturated carbocycles. The minimum atomic E-state index is -0.0249. The molecule has 1 atom stereocenters. The zero-order valence-corrected chi connectivity index (χ0v) is 12.8. The van der Waals surface area contributed by atoms with Gasteiger partial charge in [-0.2, -0.15) is 0 Å². The molecule has 0 bridgehead atoms. The van der Waals surface area contributed by atoms with Gasteiger partial charge in [-0.05, 0) is 43.9 Å². The van der Waals surface area contributed by atoms with Gasteiger partial charge in [0.1, 0.15) is 11.5 Å². The third-order valence-electron chi connectivity index (χ3n) is 3.92. The molecule has 1 aromatic carbocycles. The third-order valence-corrected chi connectivity index (χ3v) is 3.92. The van der Waals surface area contributed by atoms with Crippen LogP contribution in [0, 0.1) is 20.8 Å². The van der Waals surface area contributed by atoms with E-state index in [-0.39, 0.29) is 6.04 Å². The number of aryl methyl sites for hydroxylation is 3. The molecular formula is C17H24N2O. The lowest BCUT2D eigenvalue weighted by Crippen LogP contribution is -2.29. The van der Waals surface area contributed by atoms with Gasteiger partial charge in [-0.3, -0.25) is 5.84 Å². The van der Waals surface area contributed by atoms with Gasteiger partial charge in [0.2, 0.25) is 0 Å². The number of hydrazine groups is 1. The van der Waals surface area contributed by atoms with Crippen LogP contribution in [0.25, 0.3) is 0 Å². The molecular weight excluding hydrogens is 248 g/mol. The Bertz CT molecular complexity index is 569. The van der Waals surface area contributed by atoms with Gasteiger partial charge in [0.15, 0.2) is 0 Å². The maximum absolute atomic E-state index is 5.79. The van der Waals surface area contributed by atoms with Crippen LogP contribution < -0.4 is 11.3 Å². The largest absolute Gasteiger partial charge is 0.466 e. The van der Waals surface area contributed by atoms with Crippen molar-refractivity contribution in [3.63, 3.8) is 0 Å². The summed E-state index contributed by atoms with van der Waals surface area (Å²) < 4.78 is 5.72. The molecule has 0 fully saturated rings. The maximum Gasteiger partial charge on any atom is 0.106 e. The summed E-state index contributed by atoms with van der Waals surface area (Å²) in [6.07, 6.45) is 2.28. The molecule has 20 heavy (non-hydrogen) atoms. The smallest absolute Gasteiger partial charge is 0.106 e. The fourth-order valence-corrected chi connectivity index (χ4v) is 2.75. The summed E-state index contributed by atoms with van der Waals surface area (Å²) in [6, 6.07) is 8.64. The van der Waals surface area contributed by atoms with Crippen molar-refractivity contribution in [2.45, 2.75) is 46.6 Å². The molecule has 2 rings (SSSR count). The fourth-order valence-electron chi connectivity index (χ4n) is 2.75. The predicted molar refractivity (Wildman–Crippen MR) is 82.5 cm³/mol. The van der Waals surface area contributed by atoms with Crippen LogP contribution in [-0.2, 0) is 6.42 Å². The van der Waals surface area contributed by atoms with E-state index < -0.39 is 0 Å². The van der Waals surface area contributed by atoms with Crippen LogP contribution in [0.5, 0.6) is 0 Å². The second-order valence-electron chi connectivity index (χ2n) is 5.34. The Morgan fingerprint density at radius 3 is 2.20 bits per heavy atom. The lowest BCUT2D eigenvalue weighted by Gasteiger charge is -2.17. The average molecular weight is 272 g/mol. The monoisotopic (exact) mass is 272 g/mol. The zero-order chi connectivity index (χ0) is 14.7. The summed E-state index contributed by atoms with van der Waals surface area (Å²) >= 11 is 0. The molecule has 0 aliphatic carbocycles. The van der Waals surface area contributed by atoms with Crippen LogP contribution in [0.1, 0.15) is 53.2 Å². The molecule has 1 heterocycles. The number of furan rings is 1. The van der Waals surface area contributed by atoms with Crippen molar-refractivity contribution in [2.75, 3.05) is 0 Å². The molecule has 3 nitrogen and oxygen atoms in total. The molecule has 1 aromatic heterocycles. The molecule has 0 spiro atoms. The van der Waals surface area contributed by atoms with Gasteiger partial charge in [0.05, 0.1) is 6.04 Å². The SMILES string of the molecule is CCCc1ccc(C(NN)c2c(C)oc(C)c2C)cc1. The van der Waals surface area contributed by atoms with Crippen LogP contribution in [-0.4, -0.2) is 0 Å². The summed E-state index contributed by atoms with van der Waals surface area (Å²) in [6.45, 7) is 8.25. The van der Waals surface area contributed by atoms with Crippen LogP contribution >= 0.6 is 0 Å². The highest BCUT2D eigenvalue weighted by Crippen LogP contribution is 2.31. The lowest BCUT2D eigenvalue weighted by atomic mass is 9.95. The van der Waals surface area contributed by atoms with Gasteiger partial charge in [-0.1, -0.05) is 37.6 Å². The summed E-state index contributed by atoms with van der Waals surface area (Å²) in [5, 5.41) is 0. The highest BCUT2D eigenvalue weighted by atomic mass is 16.3. The topological polar surface area (TPSA) is 51.2 Å². The van der Waals surface area contributed by atoms with Crippen molar-refractivity contribution in [3.8, 4) is 0 Å². The van der Waals surface area contributed by atoms with Gasteiger partial charge < -0.3 is 4.42 Å². The highest BCUT2D eigenvalue weighted by molar-refractivity contribution is 5.41. The van der Waals surface area contributed by atoms with Crippen LogP contribution in [0.2, 0.25) is 0 Å². The van der Waals surface area contributed by atoms with E-state index in [1.54, 1.807) is 0 Å². The van der Waals surface area contributed by atoms with Gasteiger partial charge in [-0.25, -0.2) is 5.43 Å². The number of nitrogens with one attached hydrogen (secondary N) is 1. The number of rotatable bonds is 5. The third kappa shape index (κ3) is 2.79. The van der Waals surface area contributed by atoms with Gasteiger partial charge in [-0.15, -0.1) is 0 Å². The summed E-state index contributed by atoms with van der Waals surface area (Å²) in [4.78, 5) is 0. The maximum atomic E-state index is 5.79. The molecule has 3 N–H and O–H groups in total. The Labute approximate surface area is 121 Å². The van der Waals surface area contributed by atoms with Crippen LogP contribution in [0.4, 0.5) is 0 Å². The fraction of sp³-hybridized carbons (Fsp3) is 0.412. The average Bonchev–Trinajstić information content (AvgIpc) is 2.68. The highest BCUT2D eigenvalue weighted by Gasteiger charge is 2.21. The van der Waals surface area contributed by atoms with Crippen molar-refractivity contribution in [2.24, 2.45) is 5.84 Å². The zero-order valence-electron chi connectivity index (χ0n) is 12.8. The van der Waals surface area contributed by atoms with E-state index in [2.05, 4.69) is 43.5 Å². The Morgan fingerprint density at radius 1 is 1.10 bits per heavy atom. The number of hydrogen-bond acceptors (Lipinski definition) is 3. The first-order chi connectivity index (χ1) is 9.58. The number of hydrogen-bond donors (Lipinski definition) is 2. The first kappa shape index (κ1) is 14.8. The minimum Gasteiger partial charge on any atom is -0.466 e. The van der Waals surface area contributed by atoms with E-state index in [1.165, 1.54) is 16.7 Å². The van der Waals surface area contributed by atoms with E-state index >= 15 is 0 Å². The molecule has 0 radical (unpaired) electrons. The van der Waals surface area contributed by atoms with E-state index in [4.69, 9.17) is 10.3 Å². The molecule has 2 aromatic rings. The van der Waals surface area contributed by atoms with Gasteiger partial charge in [0.25, 0.3) is 0 Å². The standard InChI is InChI=1S/C17H24N2O/c1-5-6-14-7-9-15(10-8-14)17(19-18)16-11(2)12(3)20-13(16)4/h7-10,17,19H,5-6,18H2,1-4H3. The van der Waals surface area contributed by atoms with Crippen molar-refractivity contribution in [3.05, 3.63) is 58.0 Å². The second kappa shape index (κ2) is 6.25. The van der Waals surface area contributed by atoms with Crippen LogP contribution in [0.15, 0.2) is 28.7 Å². The Kier molecular flexibility index (Phi) is 4.63. The van der Waals surface area contributed by atoms with Crippen LogP contribution in [0.3, 0.4) is 0 Å². The van der Waals surface area contributed by atoms with E-state index in [1.807, 2.05) is 13.8 Å². The number of nitrogens with two attached hydrogens (primary N) is 1. The van der Waals surface area contributed by atoms with Crippen molar-refractivity contribution >= 4 is 0 Å². The molecule has 1 unspecified atom stereocenters. The first-order valence-electron chi connectivity index (χ1n) is 7.19. The van der Waals surface area contributed by atoms with Gasteiger partial charge in [0, 0.05) is 5.56 Å². The molecule has 0 aliphatic rings. The lowest BCUT2D eigenvalue weighted by molar-refractivity contribution is 0.494. The Hall–Kier alpha value is -1.58. The van der Waals surface area contributed by atoms with Gasteiger partial charge >= 0.3 is 0 Å². The second-order valence-corrected chi connectivity index (χ2v) is 5.34. The van der Waals surface area contributed by atoms with Crippen molar-refractivity contribution in [1.29, 1.82) is 0 Å². The van der Waals surface area contributed by atoms with E-state index in [0.717, 1.165) is 29.9 Å². The van der Waals surface area contributed by atoms with E-state index in [9.17, 15) is 0 Å². The normalized spacial score (nSPS) is 12.7. The van der Waals surface area contributed by atoms with E-state index in [0.29, 0.717) is 0 Å². The molecule has 3 heteroatoms. The molecule has 0 amide bonds. The first-order valence-corrected chi connectivity index (χ1v) is 7.19. The van der Waals surface area contributed by atoms with Crippen molar-refractivity contribution in [1.82, 2.24) is 5.43 Å². The van der Waals surface area contributed by atoms with Crippen molar-refractivity contribution < 1.29 is 4.42 Å².